The molecule has 0 aliphatic heterocycles. The zero-order valence-electron chi connectivity index (χ0n) is 10.7. The highest BCUT2D eigenvalue weighted by atomic mass is 32.2. The van der Waals surface area contributed by atoms with Crippen molar-refractivity contribution in [3.63, 3.8) is 0 Å². The van der Waals surface area contributed by atoms with Gasteiger partial charge in [0.05, 0.1) is 11.8 Å². The van der Waals surface area contributed by atoms with Crippen molar-refractivity contribution in [2.24, 2.45) is 5.73 Å². The Labute approximate surface area is 112 Å². The number of ether oxygens (including phenoxy) is 1. The van der Waals surface area contributed by atoms with Crippen LogP contribution in [0.1, 0.15) is 19.4 Å². The van der Waals surface area contributed by atoms with E-state index in [2.05, 4.69) is 9.46 Å². The number of nitrogens with two attached hydrogens (primary N) is 1. The van der Waals surface area contributed by atoms with Crippen molar-refractivity contribution in [3.05, 3.63) is 29.8 Å². The van der Waals surface area contributed by atoms with Crippen LogP contribution in [0.15, 0.2) is 24.3 Å². The lowest BCUT2D eigenvalue weighted by Gasteiger charge is -2.13. The summed E-state index contributed by atoms with van der Waals surface area (Å²) in [6.45, 7) is 3.40. The van der Waals surface area contributed by atoms with Gasteiger partial charge in [-0.3, -0.25) is 4.72 Å². The SMILES string of the molecule is CC(C)OC(=O)NS(=O)(=O)Nc1ccccc1CN. The van der Waals surface area contributed by atoms with Gasteiger partial charge in [0.1, 0.15) is 0 Å². The zero-order valence-corrected chi connectivity index (χ0v) is 11.5. The van der Waals surface area contributed by atoms with Gasteiger partial charge in [-0.2, -0.15) is 8.42 Å². The van der Waals surface area contributed by atoms with Gasteiger partial charge in [-0.1, -0.05) is 18.2 Å². The lowest BCUT2D eigenvalue weighted by atomic mass is 10.2. The third kappa shape index (κ3) is 5.14. The van der Waals surface area contributed by atoms with Gasteiger partial charge in [-0.05, 0) is 25.5 Å². The quantitative estimate of drug-likeness (QED) is 0.746. The van der Waals surface area contributed by atoms with Gasteiger partial charge in [-0.15, -0.1) is 0 Å². The summed E-state index contributed by atoms with van der Waals surface area (Å²) in [5.74, 6) is 0. The van der Waals surface area contributed by atoms with Gasteiger partial charge >= 0.3 is 16.3 Å². The van der Waals surface area contributed by atoms with Crippen LogP contribution < -0.4 is 15.2 Å². The topological polar surface area (TPSA) is 111 Å². The minimum atomic E-state index is -4.04. The highest BCUT2D eigenvalue weighted by molar-refractivity contribution is 7.91. The molecule has 0 aliphatic carbocycles. The standard InChI is InChI=1S/C11H17N3O4S/c1-8(2)18-11(15)14-19(16,17)13-10-6-4-3-5-9(10)7-12/h3-6,8,13H,7,12H2,1-2H3,(H,14,15). The first-order valence-electron chi connectivity index (χ1n) is 5.63. The summed E-state index contributed by atoms with van der Waals surface area (Å²) >= 11 is 0. The second kappa shape index (κ2) is 6.39. The molecule has 1 amide bonds. The summed E-state index contributed by atoms with van der Waals surface area (Å²) in [5.41, 5.74) is 6.42. The monoisotopic (exact) mass is 287 g/mol. The average molecular weight is 287 g/mol. The summed E-state index contributed by atoms with van der Waals surface area (Å²) in [7, 11) is -4.04. The molecule has 8 heteroatoms. The van der Waals surface area contributed by atoms with Gasteiger partial charge < -0.3 is 10.5 Å². The zero-order chi connectivity index (χ0) is 14.5. The Morgan fingerprint density at radius 2 is 2.00 bits per heavy atom. The first-order chi connectivity index (χ1) is 8.84. The van der Waals surface area contributed by atoms with E-state index in [1.807, 2.05) is 0 Å². The molecule has 0 fully saturated rings. The van der Waals surface area contributed by atoms with Crippen LogP contribution in [-0.2, 0) is 21.5 Å². The number of rotatable bonds is 5. The van der Waals surface area contributed by atoms with Crippen molar-refractivity contribution in [2.45, 2.75) is 26.5 Å². The number of carbonyl (C=O) groups excluding carboxylic acids is 1. The summed E-state index contributed by atoms with van der Waals surface area (Å²) < 4.78 is 32.0. The average Bonchev–Trinajstić information content (AvgIpc) is 2.26. The number of nitrogens with one attached hydrogen (secondary N) is 2. The summed E-state index contributed by atoms with van der Waals surface area (Å²) in [6, 6.07) is 6.63. The van der Waals surface area contributed by atoms with Crippen LogP contribution in [0.3, 0.4) is 0 Å². The van der Waals surface area contributed by atoms with Gasteiger partial charge in [-0.25, -0.2) is 9.52 Å². The number of hydrogen-bond acceptors (Lipinski definition) is 5. The maximum Gasteiger partial charge on any atom is 0.422 e. The van der Waals surface area contributed by atoms with E-state index in [9.17, 15) is 13.2 Å². The third-order valence-corrected chi connectivity index (χ3v) is 2.97. The van der Waals surface area contributed by atoms with E-state index in [0.717, 1.165) is 0 Å². The third-order valence-electron chi connectivity index (χ3n) is 2.04. The Balaban J connectivity index is 2.77. The number of para-hydroxylation sites is 1. The van der Waals surface area contributed by atoms with Gasteiger partial charge in [0.25, 0.3) is 0 Å². The van der Waals surface area contributed by atoms with Crippen LogP contribution in [0.5, 0.6) is 0 Å². The molecule has 0 aromatic heterocycles. The molecule has 1 aromatic rings. The van der Waals surface area contributed by atoms with Crippen molar-refractivity contribution in [1.29, 1.82) is 0 Å². The minimum absolute atomic E-state index is 0.176. The summed E-state index contributed by atoms with van der Waals surface area (Å²) in [4.78, 5) is 11.2. The fourth-order valence-corrected chi connectivity index (χ4v) is 2.12. The van der Waals surface area contributed by atoms with Crippen molar-refractivity contribution in [1.82, 2.24) is 4.72 Å². The smallest absolute Gasteiger partial charge is 0.422 e. The fraction of sp³-hybridized carbons (Fsp3) is 0.364. The van der Waals surface area contributed by atoms with E-state index < -0.39 is 22.4 Å². The second-order valence-corrected chi connectivity index (χ2v) is 5.44. The largest absolute Gasteiger partial charge is 0.446 e. The highest BCUT2D eigenvalue weighted by Crippen LogP contribution is 2.15. The Bertz CT molecular complexity index is 543. The molecule has 0 bridgehead atoms. The lowest BCUT2D eigenvalue weighted by molar-refractivity contribution is 0.121. The maximum absolute atomic E-state index is 11.7. The number of anilines is 1. The first-order valence-corrected chi connectivity index (χ1v) is 7.11. The molecule has 0 aliphatic rings. The van der Waals surface area contributed by atoms with E-state index in [-0.39, 0.29) is 6.54 Å². The first kappa shape index (κ1) is 15.3. The molecule has 7 nitrogen and oxygen atoms in total. The molecule has 0 heterocycles. The van der Waals surface area contributed by atoms with E-state index >= 15 is 0 Å². The van der Waals surface area contributed by atoms with Crippen LogP contribution in [0.25, 0.3) is 0 Å². The molecular formula is C11H17N3O4S. The molecule has 0 unspecified atom stereocenters. The molecule has 0 radical (unpaired) electrons. The van der Waals surface area contributed by atoms with Crippen molar-refractivity contribution < 1.29 is 17.9 Å². The molecular weight excluding hydrogens is 270 g/mol. The number of amides is 1. The maximum atomic E-state index is 11.7. The van der Waals surface area contributed by atoms with Crippen molar-refractivity contribution in [3.8, 4) is 0 Å². The molecule has 0 saturated carbocycles. The normalized spacial score (nSPS) is 11.2. The van der Waals surface area contributed by atoms with Gasteiger partial charge in [0, 0.05) is 6.54 Å². The van der Waals surface area contributed by atoms with Gasteiger partial charge in [0.15, 0.2) is 0 Å². The molecule has 0 atom stereocenters. The van der Waals surface area contributed by atoms with Crippen LogP contribution in [0.4, 0.5) is 10.5 Å². The van der Waals surface area contributed by atoms with Gasteiger partial charge in [0.2, 0.25) is 0 Å². The Hall–Kier alpha value is -1.80. The van der Waals surface area contributed by atoms with Crippen LogP contribution in [0.2, 0.25) is 0 Å². The number of carbonyl (C=O) groups is 1. The summed E-state index contributed by atoms with van der Waals surface area (Å²) in [6.07, 6.45) is -1.45. The number of benzene rings is 1. The van der Waals surface area contributed by atoms with Crippen molar-refractivity contribution in [2.75, 3.05) is 4.72 Å². The molecule has 0 spiro atoms. The van der Waals surface area contributed by atoms with E-state index in [1.54, 1.807) is 42.8 Å². The van der Waals surface area contributed by atoms with Crippen LogP contribution in [-0.4, -0.2) is 20.6 Å². The molecule has 0 saturated heterocycles. The number of hydrogen-bond donors (Lipinski definition) is 3. The molecule has 106 valence electrons. The highest BCUT2D eigenvalue weighted by Gasteiger charge is 2.17. The molecule has 4 N–H and O–H groups in total. The summed E-state index contributed by atoms with van der Waals surface area (Å²) in [5, 5.41) is 0. The molecule has 1 aromatic carbocycles. The van der Waals surface area contributed by atoms with E-state index in [4.69, 9.17) is 5.73 Å². The minimum Gasteiger partial charge on any atom is -0.446 e. The van der Waals surface area contributed by atoms with Crippen molar-refractivity contribution >= 4 is 22.0 Å². The lowest BCUT2D eigenvalue weighted by Crippen LogP contribution is -2.37. The predicted octanol–water partition coefficient (Wildman–Crippen LogP) is 0.937. The Kier molecular flexibility index (Phi) is 5.13. The second-order valence-electron chi connectivity index (χ2n) is 4.02. The molecule has 19 heavy (non-hydrogen) atoms. The Morgan fingerprint density at radius 1 is 1.37 bits per heavy atom. The predicted molar refractivity (Wildman–Crippen MR) is 71.6 cm³/mol. The van der Waals surface area contributed by atoms with Crippen LogP contribution >= 0.6 is 0 Å². The fourth-order valence-electron chi connectivity index (χ4n) is 1.32. The van der Waals surface area contributed by atoms with E-state index in [0.29, 0.717) is 11.3 Å². The van der Waals surface area contributed by atoms with Crippen LogP contribution in [0, 0.1) is 0 Å². The Morgan fingerprint density at radius 3 is 2.58 bits per heavy atom. The van der Waals surface area contributed by atoms with E-state index in [1.165, 1.54) is 0 Å². The molecule has 1 rings (SSSR count).